The van der Waals surface area contributed by atoms with Crippen LogP contribution in [-0.2, 0) is 9.47 Å². The van der Waals surface area contributed by atoms with Gasteiger partial charge in [-0.05, 0) is 12.1 Å². The molecule has 3 rings (SSSR count). The largest absolute Gasteiger partial charge is 0.493 e. The number of morpholine rings is 2. The number of rotatable bonds is 8. The van der Waals surface area contributed by atoms with Crippen LogP contribution in [0, 0.1) is 0 Å². The minimum Gasteiger partial charge on any atom is -0.493 e. The van der Waals surface area contributed by atoms with E-state index >= 15 is 0 Å². The summed E-state index contributed by atoms with van der Waals surface area (Å²) in [5.74, 6) is 1.04. The van der Waals surface area contributed by atoms with E-state index in [1.807, 2.05) is 0 Å². The van der Waals surface area contributed by atoms with Crippen LogP contribution in [0.25, 0.3) is 0 Å². The number of hydrogen-bond acceptors (Lipinski definition) is 8. The number of aliphatic hydroxyl groups excluding tert-OH is 1. The van der Waals surface area contributed by atoms with Crippen molar-refractivity contribution in [2.24, 2.45) is 0 Å². The molecule has 0 aliphatic carbocycles. The number of amides is 1. The van der Waals surface area contributed by atoms with E-state index in [2.05, 4.69) is 4.90 Å². The Bertz CT molecular complexity index is 648. The van der Waals surface area contributed by atoms with E-state index in [1.54, 1.807) is 17.0 Å². The van der Waals surface area contributed by atoms with E-state index in [4.69, 9.17) is 23.7 Å². The summed E-state index contributed by atoms with van der Waals surface area (Å²) in [4.78, 5) is 16.7. The highest BCUT2D eigenvalue weighted by Crippen LogP contribution is 2.39. The number of ether oxygens (including phenoxy) is 5. The minimum atomic E-state index is -0.669. The normalized spacial score (nSPS) is 18.9. The molecule has 0 spiro atoms. The molecule has 0 radical (unpaired) electrons. The molecule has 1 atom stereocenters. The SMILES string of the molecule is COc1cc(C(=O)N2CCOCC2)cc(OC)c1OCC(O)CN1CCOCC1. The van der Waals surface area contributed by atoms with Gasteiger partial charge in [-0.1, -0.05) is 0 Å². The Balaban J connectivity index is 1.68. The first kappa shape index (κ1) is 21.6. The lowest BCUT2D eigenvalue weighted by Gasteiger charge is -2.29. The van der Waals surface area contributed by atoms with Gasteiger partial charge in [0.25, 0.3) is 5.91 Å². The van der Waals surface area contributed by atoms with Gasteiger partial charge in [-0.25, -0.2) is 0 Å². The first-order valence-electron chi connectivity index (χ1n) is 9.86. The zero-order valence-electron chi connectivity index (χ0n) is 17.1. The highest BCUT2D eigenvalue weighted by Gasteiger charge is 2.24. The topological polar surface area (TPSA) is 89.9 Å². The summed E-state index contributed by atoms with van der Waals surface area (Å²) < 4.78 is 27.3. The third kappa shape index (κ3) is 5.72. The zero-order valence-corrected chi connectivity index (χ0v) is 17.1. The molecule has 9 nitrogen and oxygen atoms in total. The van der Waals surface area contributed by atoms with Gasteiger partial charge in [0, 0.05) is 38.3 Å². The molecule has 2 fully saturated rings. The van der Waals surface area contributed by atoms with Crippen molar-refractivity contribution in [2.75, 3.05) is 80.0 Å². The van der Waals surface area contributed by atoms with Crippen LogP contribution in [0.1, 0.15) is 10.4 Å². The van der Waals surface area contributed by atoms with Crippen molar-refractivity contribution in [1.29, 1.82) is 0 Å². The molecule has 1 aromatic rings. The maximum atomic E-state index is 12.8. The molecule has 1 N–H and O–H groups in total. The lowest BCUT2D eigenvalue weighted by Crippen LogP contribution is -2.42. The lowest BCUT2D eigenvalue weighted by molar-refractivity contribution is 0.00422. The number of aliphatic hydroxyl groups is 1. The van der Waals surface area contributed by atoms with Crippen LogP contribution in [0.5, 0.6) is 17.2 Å². The van der Waals surface area contributed by atoms with Crippen LogP contribution < -0.4 is 14.2 Å². The average Bonchev–Trinajstić information content (AvgIpc) is 2.77. The molecule has 2 heterocycles. The second-order valence-electron chi connectivity index (χ2n) is 6.99. The van der Waals surface area contributed by atoms with Gasteiger partial charge in [0.2, 0.25) is 5.75 Å². The summed E-state index contributed by atoms with van der Waals surface area (Å²) in [5, 5.41) is 10.3. The van der Waals surface area contributed by atoms with Gasteiger partial charge in [-0.3, -0.25) is 9.69 Å². The van der Waals surface area contributed by atoms with Crippen molar-refractivity contribution in [3.8, 4) is 17.2 Å². The second-order valence-corrected chi connectivity index (χ2v) is 6.99. The summed E-state index contributed by atoms with van der Waals surface area (Å²) in [6.45, 7) is 5.68. The lowest BCUT2D eigenvalue weighted by atomic mass is 10.1. The number of benzene rings is 1. The van der Waals surface area contributed by atoms with Crippen molar-refractivity contribution in [3.63, 3.8) is 0 Å². The maximum absolute atomic E-state index is 12.8. The average molecular weight is 410 g/mol. The van der Waals surface area contributed by atoms with Gasteiger partial charge < -0.3 is 33.7 Å². The molecular formula is C20H30N2O7. The summed E-state index contributed by atoms with van der Waals surface area (Å²) >= 11 is 0. The molecule has 1 aromatic carbocycles. The van der Waals surface area contributed by atoms with Crippen LogP contribution in [0.15, 0.2) is 12.1 Å². The van der Waals surface area contributed by atoms with Crippen LogP contribution >= 0.6 is 0 Å². The Morgan fingerprint density at radius 1 is 1.03 bits per heavy atom. The van der Waals surface area contributed by atoms with Gasteiger partial charge in [0.1, 0.15) is 12.7 Å². The molecule has 2 aliphatic heterocycles. The van der Waals surface area contributed by atoms with Gasteiger partial charge in [0.05, 0.1) is 40.6 Å². The van der Waals surface area contributed by atoms with Crippen molar-refractivity contribution in [3.05, 3.63) is 17.7 Å². The monoisotopic (exact) mass is 410 g/mol. The van der Waals surface area contributed by atoms with E-state index in [-0.39, 0.29) is 12.5 Å². The maximum Gasteiger partial charge on any atom is 0.254 e. The van der Waals surface area contributed by atoms with E-state index < -0.39 is 6.10 Å². The molecule has 9 heteroatoms. The van der Waals surface area contributed by atoms with Crippen molar-refractivity contribution in [1.82, 2.24) is 9.80 Å². The Hall–Kier alpha value is -2.07. The fourth-order valence-electron chi connectivity index (χ4n) is 3.41. The zero-order chi connectivity index (χ0) is 20.6. The Morgan fingerprint density at radius 3 is 2.14 bits per heavy atom. The van der Waals surface area contributed by atoms with E-state index in [0.717, 1.165) is 13.1 Å². The molecule has 29 heavy (non-hydrogen) atoms. The molecule has 1 unspecified atom stereocenters. The van der Waals surface area contributed by atoms with Crippen LogP contribution in [0.2, 0.25) is 0 Å². The third-order valence-corrected chi connectivity index (χ3v) is 5.00. The van der Waals surface area contributed by atoms with Crippen molar-refractivity contribution < 1.29 is 33.6 Å². The fraction of sp³-hybridized carbons (Fsp3) is 0.650. The molecule has 162 valence electrons. The molecule has 1 amide bonds. The van der Waals surface area contributed by atoms with Gasteiger partial charge >= 0.3 is 0 Å². The van der Waals surface area contributed by atoms with Crippen molar-refractivity contribution in [2.45, 2.75) is 6.10 Å². The number of β-amino-alcohol motifs (C(OH)–C–C–N with tert-alkyl or cyclic N) is 1. The van der Waals surface area contributed by atoms with Crippen LogP contribution in [0.4, 0.5) is 0 Å². The van der Waals surface area contributed by atoms with E-state index in [0.29, 0.717) is 68.9 Å². The number of methoxy groups -OCH3 is 2. The fourth-order valence-corrected chi connectivity index (χ4v) is 3.41. The standard InChI is InChI=1S/C20H30N2O7/c1-25-17-11-15(20(24)22-5-9-28-10-6-22)12-18(26-2)19(17)29-14-16(23)13-21-3-7-27-8-4-21/h11-12,16,23H,3-10,13-14H2,1-2H3. The molecular weight excluding hydrogens is 380 g/mol. The summed E-state index contributed by atoms with van der Waals surface area (Å²) in [6, 6.07) is 3.29. The quantitative estimate of drug-likeness (QED) is 0.652. The Labute approximate surface area is 171 Å². The van der Waals surface area contributed by atoms with E-state index in [1.165, 1.54) is 14.2 Å². The predicted molar refractivity (Wildman–Crippen MR) is 105 cm³/mol. The summed E-state index contributed by atoms with van der Waals surface area (Å²) in [7, 11) is 3.02. The Kier molecular flexibility index (Phi) is 7.93. The van der Waals surface area contributed by atoms with Crippen LogP contribution in [-0.4, -0.2) is 107 Å². The van der Waals surface area contributed by atoms with Crippen LogP contribution in [0.3, 0.4) is 0 Å². The predicted octanol–water partition coefficient (Wildman–Crippen LogP) is 0.248. The highest BCUT2D eigenvalue weighted by atomic mass is 16.5. The molecule has 0 aromatic heterocycles. The first-order valence-corrected chi connectivity index (χ1v) is 9.86. The Morgan fingerprint density at radius 2 is 1.59 bits per heavy atom. The van der Waals surface area contributed by atoms with Crippen molar-refractivity contribution >= 4 is 5.91 Å². The smallest absolute Gasteiger partial charge is 0.254 e. The number of hydrogen-bond donors (Lipinski definition) is 1. The number of nitrogens with zero attached hydrogens (tertiary/aromatic N) is 2. The van der Waals surface area contributed by atoms with Gasteiger partial charge in [-0.2, -0.15) is 0 Å². The molecule has 0 bridgehead atoms. The highest BCUT2D eigenvalue weighted by molar-refractivity contribution is 5.95. The molecule has 2 saturated heterocycles. The molecule has 2 aliphatic rings. The van der Waals surface area contributed by atoms with E-state index in [9.17, 15) is 9.90 Å². The second kappa shape index (κ2) is 10.6. The van der Waals surface area contributed by atoms with Gasteiger partial charge in [-0.15, -0.1) is 0 Å². The van der Waals surface area contributed by atoms with Gasteiger partial charge in [0.15, 0.2) is 11.5 Å². The third-order valence-electron chi connectivity index (χ3n) is 5.00. The molecule has 0 saturated carbocycles. The summed E-state index contributed by atoms with van der Waals surface area (Å²) in [5.41, 5.74) is 0.460. The minimum absolute atomic E-state index is 0.0842. The number of carbonyl (C=O) groups is 1. The summed E-state index contributed by atoms with van der Waals surface area (Å²) in [6.07, 6.45) is -0.669. The number of carbonyl (C=O) groups excluding carboxylic acids is 1. The first-order chi connectivity index (χ1) is 14.1.